The number of hydrogen-bond acceptors (Lipinski definition) is 4. The molecule has 0 spiro atoms. The van der Waals surface area contributed by atoms with Crippen LogP contribution in [0.15, 0.2) is 18.2 Å². The fraction of sp³-hybridized carbons (Fsp3) is 0.562. The summed E-state index contributed by atoms with van der Waals surface area (Å²) in [5.41, 5.74) is 0.801. The van der Waals surface area contributed by atoms with Crippen LogP contribution in [-0.4, -0.2) is 57.2 Å². The molecule has 1 aliphatic heterocycles. The van der Waals surface area contributed by atoms with Crippen molar-refractivity contribution in [1.82, 2.24) is 15.5 Å². The topological polar surface area (TPSA) is 53.6 Å². The number of halogens is 2. The minimum atomic E-state index is -0.390. The molecule has 1 amide bonds. The molecular weight excluding hydrogens is 321 g/mol. The van der Waals surface area contributed by atoms with Crippen molar-refractivity contribution in [3.63, 3.8) is 0 Å². The lowest BCUT2D eigenvalue weighted by atomic mass is 10.1. The third-order valence-electron chi connectivity index (χ3n) is 3.82. The van der Waals surface area contributed by atoms with Gasteiger partial charge in [-0.15, -0.1) is 12.4 Å². The molecule has 1 fully saturated rings. The van der Waals surface area contributed by atoms with Crippen molar-refractivity contribution in [1.29, 1.82) is 0 Å². The average molecular weight is 346 g/mol. The SMILES string of the molecule is COc1ccc(CCC(=O)NCCN2CCNCC2)cc1F.Cl. The molecule has 2 rings (SSSR count). The van der Waals surface area contributed by atoms with Gasteiger partial charge in [0, 0.05) is 45.7 Å². The van der Waals surface area contributed by atoms with E-state index >= 15 is 0 Å². The standard InChI is InChI=1S/C16H24FN3O2.ClH/c1-22-15-4-2-13(12-14(15)17)3-5-16(21)19-8-11-20-9-6-18-7-10-20;/h2,4,12,18H,3,5-11H2,1H3,(H,19,21);1H. The third-order valence-corrected chi connectivity index (χ3v) is 3.82. The Morgan fingerprint density at radius 1 is 1.39 bits per heavy atom. The summed E-state index contributed by atoms with van der Waals surface area (Å²) in [7, 11) is 1.43. The average Bonchev–Trinajstić information content (AvgIpc) is 2.54. The first kappa shape index (κ1) is 19.7. The minimum Gasteiger partial charge on any atom is -0.494 e. The van der Waals surface area contributed by atoms with Crippen LogP contribution in [0.3, 0.4) is 0 Å². The number of carbonyl (C=O) groups is 1. The van der Waals surface area contributed by atoms with E-state index in [1.54, 1.807) is 12.1 Å². The van der Waals surface area contributed by atoms with E-state index in [2.05, 4.69) is 15.5 Å². The number of nitrogens with one attached hydrogen (secondary N) is 2. The maximum atomic E-state index is 13.5. The highest BCUT2D eigenvalue weighted by molar-refractivity contribution is 5.85. The number of piperazine rings is 1. The maximum Gasteiger partial charge on any atom is 0.220 e. The molecule has 23 heavy (non-hydrogen) atoms. The molecule has 7 heteroatoms. The quantitative estimate of drug-likeness (QED) is 0.780. The molecular formula is C16H25ClFN3O2. The number of rotatable bonds is 7. The lowest BCUT2D eigenvalue weighted by Gasteiger charge is -2.27. The lowest BCUT2D eigenvalue weighted by molar-refractivity contribution is -0.121. The second-order valence-electron chi connectivity index (χ2n) is 5.41. The summed E-state index contributed by atoms with van der Waals surface area (Å²) in [6.45, 7) is 5.62. The summed E-state index contributed by atoms with van der Waals surface area (Å²) in [6.07, 6.45) is 0.897. The zero-order valence-corrected chi connectivity index (χ0v) is 14.3. The summed E-state index contributed by atoms with van der Waals surface area (Å²) in [4.78, 5) is 14.1. The van der Waals surface area contributed by atoms with Gasteiger partial charge < -0.3 is 15.4 Å². The van der Waals surface area contributed by atoms with E-state index in [0.717, 1.165) is 38.3 Å². The molecule has 1 aliphatic rings. The third kappa shape index (κ3) is 6.72. The second-order valence-corrected chi connectivity index (χ2v) is 5.41. The van der Waals surface area contributed by atoms with Crippen molar-refractivity contribution < 1.29 is 13.9 Å². The van der Waals surface area contributed by atoms with Crippen molar-refractivity contribution in [2.24, 2.45) is 0 Å². The van der Waals surface area contributed by atoms with Crippen LogP contribution < -0.4 is 15.4 Å². The summed E-state index contributed by atoms with van der Waals surface area (Å²) in [5, 5.41) is 6.21. The predicted octanol–water partition coefficient (Wildman–Crippen LogP) is 1.21. The molecule has 0 aliphatic carbocycles. The minimum absolute atomic E-state index is 0. The molecule has 1 saturated heterocycles. The zero-order chi connectivity index (χ0) is 15.8. The van der Waals surface area contributed by atoms with Crippen molar-refractivity contribution in [2.75, 3.05) is 46.4 Å². The van der Waals surface area contributed by atoms with E-state index in [-0.39, 0.29) is 29.9 Å². The number of amides is 1. The monoisotopic (exact) mass is 345 g/mol. The first-order chi connectivity index (χ1) is 10.7. The Bertz CT molecular complexity index is 496. The number of benzene rings is 1. The van der Waals surface area contributed by atoms with Crippen LogP contribution in [0.4, 0.5) is 4.39 Å². The van der Waals surface area contributed by atoms with E-state index in [0.29, 0.717) is 19.4 Å². The van der Waals surface area contributed by atoms with Crippen LogP contribution in [0.2, 0.25) is 0 Å². The van der Waals surface area contributed by atoms with Gasteiger partial charge in [-0.2, -0.15) is 0 Å². The molecule has 0 saturated carbocycles. The first-order valence-corrected chi connectivity index (χ1v) is 7.71. The smallest absolute Gasteiger partial charge is 0.220 e. The molecule has 1 aromatic carbocycles. The summed E-state index contributed by atoms with van der Waals surface area (Å²) in [5.74, 6) is -0.158. The van der Waals surface area contributed by atoms with Crippen molar-refractivity contribution in [3.05, 3.63) is 29.6 Å². The van der Waals surface area contributed by atoms with Crippen molar-refractivity contribution in [3.8, 4) is 5.75 Å². The van der Waals surface area contributed by atoms with Gasteiger partial charge in [0.1, 0.15) is 0 Å². The highest BCUT2D eigenvalue weighted by Gasteiger charge is 2.10. The second kappa shape index (κ2) is 10.4. The molecule has 5 nitrogen and oxygen atoms in total. The Morgan fingerprint density at radius 2 is 2.13 bits per heavy atom. The van der Waals surface area contributed by atoms with E-state index in [9.17, 15) is 9.18 Å². The van der Waals surface area contributed by atoms with Gasteiger partial charge in [0.2, 0.25) is 5.91 Å². The molecule has 1 aromatic rings. The number of ether oxygens (including phenoxy) is 1. The predicted molar refractivity (Wildman–Crippen MR) is 90.8 cm³/mol. The van der Waals surface area contributed by atoms with Crippen LogP contribution >= 0.6 is 12.4 Å². The van der Waals surface area contributed by atoms with E-state index in [1.807, 2.05) is 0 Å². The molecule has 2 N–H and O–H groups in total. The van der Waals surface area contributed by atoms with Crippen molar-refractivity contribution >= 4 is 18.3 Å². The summed E-state index contributed by atoms with van der Waals surface area (Å²) < 4.78 is 18.4. The molecule has 0 atom stereocenters. The van der Waals surface area contributed by atoms with Gasteiger partial charge in [0.05, 0.1) is 7.11 Å². The van der Waals surface area contributed by atoms with Crippen LogP contribution in [0.5, 0.6) is 5.75 Å². The number of methoxy groups -OCH3 is 1. The van der Waals surface area contributed by atoms with E-state index < -0.39 is 0 Å². The highest BCUT2D eigenvalue weighted by atomic mass is 35.5. The Labute approximate surface area is 143 Å². The number of hydrogen-bond donors (Lipinski definition) is 2. The van der Waals surface area contributed by atoms with Crippen LogP contribution in [0.25, 0.3) is 0 Å². The number of nitrogens with zero attached hydrogens (tertiary/aromatic N) is 1. The molecule has 0 unspecified atom stereocenters. The largest absolute Gasteiger partial charge is 0.494 e. The van der Waals surface area contributed by atoms with E-state index in [4.69, 9.17) is 4.74 Å². The summed E-state index contributed by atoms with van der Waals surface area (Å²) in [6, 6.07) is 4.80. The molecule has 1 heterocycles. The van der Waals surface area contributed by atoms with E-state index in [1.165, 1.54) is 13.2 Å². The van der Waals surface area contributed by atoms with Gasteiger partial charge in [-0.1, -0.05) is 6.07 Å². The molecule has 0 bridgehead atoms. The maximum absolute atomic E-state index is 13.5. The normalized spacial score (nSPS) is 14.9. The van der Waals surface area contributed by atoms with Gasteiger partial charge in [0.15, 0.2) is 11.6 Å². The Hall–Kier alpha value is -1.37. The van der Waals surface area contributed by atoms with Gasteiger partial charge in [-0.25, -0.2) is 4.39 Å². The highest BCUT2D eigenvalue weighted by Crippen LogP contribution is 2.18. The Kier molecular flexibility index (Phi) is 8.91. The van der Waals surface area contributed by atoms with Gasteiger partial charge >= 0.3 is 0 Å². The van der Waals surface area contributed by atoms with Crippen LogP contribution in [0.1, 0.15) is 12.0 Å². The fourth-order valence-electron chi connectivity index (χ4n) is 2.50. The van der Waals surface area contributed by atoms with Crippen molar-refractivity contribution in [2.45, 2.75) is 12.8 Å². The zero-order valence-electron chi connectivity index (χ0n) is 13.4. The van der Waals surface area contributed by atoms with Gasteiger partial charge in [-0.05, 0) is 24.1 Å². The van der Waals surface area contributed by atoms with Crippen LogP contribution in [0, 0.1) is 5.82 Å². The lowest BCUT2D eigenvalue weighted by Crippen LogP contribution is -2.46. The van der Waals surface area contributed by atoms with Crippen LogP contribution in [-0.2, 0) is 11.2 Å². The molecule has 0 radical (unpaired) electrons. The number of carbonyl (C=O) groups excluding carboxylic acids is 1. The van der Waals surface area contributed by atoms with Gasteiger partial charge in [0.25, 0.3) is 0 Å². The first-order valence-electron chi connectivity index (χ1n) is 7.71. The number of aryl methyl sites for hydroxylation is 1. The molecule has 130 valence electrons. The summed E-state index contributed by atoms with van der Waals surface area (Å²) >= 11 is 0. The fourth-order valence-corrected chi connectivity index (χ4v) is 2.50. The molecule has 0 aromatic heterocycles. The van der Waals surface area contributed by atoms with Gasteiger partial charge in [-0.3, -0.25) is 9.69 Å². The Morgan fingerprint density at radius 3 is 2.78 bits per heavy atom. The Balaban J connectivity index is 0.00000264.